The van der Waals surface area contributed by atoms with Crippen LogP contribution in [0.25, 0.3) is 0 Å². The van der Waals surface area contributed by atoms with Crippen LogP contribution >= 0.6 is 0 Å². The highest BCUT2D eigenvalue weighted by molar-refractivity contribution is 6.00. The molecular formula is C15H15FN2O2. The number of anilines is 3. The summed E-state index contributed by atoms with van der Waals surface area (Å²) < 4.78 is 13.4. The number of rotatable bonds is 3. The highest BCUT2D eigenvalue weighted by atomic mass is 19.1. The Labute approximate surface area is 116 Å². The number of halogens is 1. The van der Waals surface area contributed by atoms with Gasteiger partial charge in [-0.05, 0) is 43.2 Å². The van der Waals surface area contributed by atoms with Crippen LogP contribution in [0.2, 0.25) is 0 Å². The number of carbonyl (C=O) groups is 1. The molecule has 0 saturated carbocycles. The maximum Gasteiger partial charge on any atom is 0.340 e. The van der Waals surface area contributed by atoms with Gasteiger partial charge < -0.3 is 16.2 Å². The summed E-state index contributed by atoms with van der Waals surface area (Å²) in [4.78, 5) is 11.3. The summed E-state index contributed by atoms with van der Waals surface area (Å²) in [6, 6.07) is 8.16. The molecule has 5 heteroatoms. The van der Waals surface area contributed by atoms with E-state index in [1.54, 1.807) is 0 Å². The number of aromatic carboxylic acids is 1. The minimum atomic E-state index is -1.27. The predicted molar refractivity (Wildman–Crippen MR) is 77.0 cm³/mol. The van der Waals surface area contributed by atoms with Crippen molar-refractivity contribution in [3.8, 4) is 0 Å². The Morgan fingerprint density at radius 2 is 1.90 bits per heavy atom. The second kappa shape index (κ2) is 5.21. The third-order valence-electron chi connectivity index (χ3n) is 3.28. The van der Waals surface area contributed by atoms with Gasteiger partial charge in [0.25, 0.3) is 0 Å². The first-order valence-electron chi connectivity index (χ1n) is 6.06. The maximum absolute atomic E-state index is 13.4. The predicted octanol–water partition coefficient (Wildman–Crippen LogP) is 3.47. The summed E-state index contributed by atoms with van der Waals surface area (Å²) in [5, 5.41) is 12.2. The number of hydrogen-bond donors (Lipinski definition) is 3. The average molecular weight is 274 g/mol. The van der Waals surface area contributed by atoms with Gasteiger partial charge in [0.05, 0.1) is 11.4 Å². The van der Waals surface area contributed by atoms with Crippen molar-refractivity contribution in [3.63, 3.8) is 0 Å². The molecule has 20 heavy (non-hydrogen) atoms. The van der Waals surface area contributed by atoms with Gasteiger partial charge >= 0.3 is 5.97 Å². The molecule has 0 amide bonds. The van der Waals surface area contributed by atoms with Crippen molar-refractivity contribution in [1.29, 1.82) is 0 Å². The van der Waals surface area contributed by atoms with Crippen LogP contribution in [0.5, 0.6) is 0 Å². The van der Waals surface area contributed by atoms with E-state index in [1.165, 1.54) is 6.07 Å². The summed E-state index contributed by atoms with van der Waals surface area (Å²) in [7, 11) is 0. The van der Waals surface area contributed by atoms with Crippen LogP contribution in [-0.2, 0) is 0 Å². The van der Waals surface area contributed by atoms with Crippen molar-refractivity contribution >= 4 is 23.0 Å². The van der Waals surface area contributed by atoms with E-state index in [-0.39, 0.29) is 16.9 Å². The fraction of sp³-hybridized carbons (Fsp3) is 0.133. The largest absolute Gasteiger partial charge is 0.478 e. The van der Waals surface area contributed by atoms with Gasteiger partial charge in [-0.25, -0.2) is 9.18 Å². The number of carboxylic acid groups (broad SMARTS) is 1. The molecule has 0 spiro atoms. The van der Waals surface area contributed by atoms with Crippen molar-refractivity contribution in [2.24, 2.45) is 0 Å². The summed E-state index contributed by atoms with van der Waals surface area (Å²) in [5.74, 6) is -2.01. The Kier molecular flexibility index (Phi) is 3.61. The Morgan fingerprint density at radius 3 is 2.55 bits per heavy atom. The van der Waals surface area contributed by atoms with Crippen molar-refractivity contribution < 1.29 is 14.3 Å². The van der Waals surface area contributed by atoms with E-state index in [1.807, 2.05) is 32.0 Å². The number of nitrogens with one attached hydrogen (secondary N) is 1. The third-order valence-corrected chi connectivity index (χ3v) is 3.28. The van der Waals surface area contributed by atoms with E-state index in [0.29, 0.717) is 0 Å². The standard InChI is InChI=1S/C15H15FN2O2/c1-8-4-3-5-11(9(8)2)18-12-7-6-10(16)14(17)13(12)15(19)20/h3-7,18H,17H2,1-2H3,(H,19,20). The monoisotopic (exact) mass is 274 g/mol. The summed E-state index contributed by atoms with van der Waals surface area (Å²) in [5.41, 5.74) is 7.98. The lowest BCUT2D eigenvalue weighted by molar-refractivity contribution is 0.0698. The Hall–Kier alpha value is -2.56. The van der Waals surface area contributed by atoms with Crippen molar-refractivity contribution in [1.82, 2.24) is 0 Å². The quantitative estimate of drug-likeness (QED) is 0.749. The molecule has 2 aromatic rings. The lowest BCUT2D eigenvalue weighted by Crippen LogP contribution is -2.09. The molecule has 2 rings (SSSR count). The van der Waals surface area contributed by atoms with Gasteiger partial charge in [0.1, 0.15) is 11.4 Å². The molecular weight excluding hydrogens is 259 g/mol. The first kappa shape index (κ1) is 13.9. The van der Waals surface area contributed by atoms with Crippen LogP contribution in [0.1, 0.15) is 21.5 Å². The molecule has 0 radical (unpaired) electrons. The molecule has 0 aliphatic carbocycles. The first-order valence-corrected chi connectivity index (χ1v) is 6.06. The molecule has 0 aliphatic heterocycles. The first-order chi connectivity index (χ1) is 9.41. The van der Waals surface area contributed by atoms with E-state index in [4.69, 9.17) is 5.73 Å². The summed E-state index contributed by atoms with van der Waals surface area (Å²) >= 11 is 0. The molecule has 0 aliphatic rings. The molecule has 0 heterocycles. The van der Waals surface area contributed by atoms with Gasteiger partial charge in [-0.2, -0.15) is 0 Å². The highest BCUT2D eigenvalue weighted by Crippen LogP contribution is 2.29. The van der Waals surface area contributed by atoms with E-state index in [2.05, 4.69) is 5.32 Å². The van der Waals surface area contributed by atoms with Crippen LogP contribution < -0.4 is 11.1 Å². The molecule has 0 bridgehead atoms. The normalized spacial score (nSPS) is 10.3. The van der Waals surface area contributed by atoms with Crippen LogP contribution in [0.4, 0.5) is 21.5 Å². The van der Waals surface area contributed by atoms with Gasteiger partial charge in [-0.1, -0.05) is 12.1 Å². The smallest absolute Gasteiger partial charge is 0.340 e. The number of carboxylic acids is 1. The fourth-order valence-electron chi connectivity index (χ4n) is 1.96. The van der Waals surface area contributed by atoms with Gasteiger partial charge in [-0.15, -0.1) is 0 Å². The average Bonchev–Trinajstić information content (AvgIpc) is 2.39. The Morgan fingerprint density at radius 1 is 1.20 bits per heavy atom. The van der Waals surface area contributed by atoms with Gasteiger partial charge in [0, 0.05) is 5.69 Å². The van der Waals surface area contributed by atoms with Crippen LogP contribution in [-0.4, -0.2) is 11.1 Å². The minimum Gasteiger partial charge on any atom is -0.478 e. The SMILES string of the molecule is Cc1cccc(Nc2ccc(F)c(N)c2C(=O)O)c1C. The van der Waals surface area contributed by atoms with E-state index < -0.39 is 11.8 Å². The van der Waals surface area contributed by atoms with Crippen LogP contribution in [0, 0.1) is 19.7 Å². The van der Waals surface area contributed by atoms with Crippen LogP contribution in [0.3, 0.4) is 0 Å². The second-order valence-corrected chi connectivity index (χ2v) is 4.56. The van der Waals surface area contributed by atoms with E-state index >= 15 is 0 Å². The molecule has 104 valence electrons. The van der Waals surface area contributed by atoms with Gasteiger partial charge in [-0.3, -0.25) is 0 Å². The molecule has 2 aromatic carbocycles. The summed E-state index contributed by atoms with van der Waals surface area (Å²) in [6.07, 6.45) is 0. The highest BCUT2D eigenvalue weighted by Gasteiger charge is 2.18. The molecule has 0 fully saturated rings. The topological polar surface area (TPSA) is 75.3 Å². The zero-order valence-corrected chi connectivity index (χ0v) is 11.2. The van der Waals surface area contributed by atoms with Crippen molar-refractivity contribution in [2.45, 2.75) is 13.8 Å². The second-order valence-electron chi connectivity index (χ2n) is 4.56. The lowest BCUT2D eigenvalue weighted by atomic mass is 10.1. The van der Waals surface area contributed by atoms with Crippen molar-refractivity contribution in [3.05, 3.63) is 52.8 Å². The zero-order chi connectivity index (χ0) is 14.9. The number of benzene rings is 2. The van der Waals surface area contributed by atoms with Crippen molar-refractivity contribution in [2.75, 3.05) is 11.1 Å². The molecule has 0 aromatic heterocycles. The minimum absolute atomic E-state index is 0.258. The molecule has 4 N–H and O–H groups in total. The molecule has 4 nitrogen and oxygen atoms in total. The lowest BCUT2D eigenvalue weighted by Gasteiger charge is -2.15. The molecule has 0 unspecified atom stereocenters. The zero-order valence-electron chi connectivity index (χ0n) is 11.2. The number of hydrogen-bond acceptors (Lipinski definition) is 3. The third kappa shape index (κ3) is 2.42. The number of nitrogen functional groups attached to an aromatic ring is 1. The number of nitrogens with two attached hydrogens (primary N) is 1. The summed E-state index contributed by atoms with van der Waals surface area (Å²) in [6.45, 7) is 3.88. The molecule has 0 atom stereocenters. The van der Waals surface area contributed by atoms with Gasteiger partial charge in [0.2, 0.25) is 0 Å². The number of aryl methyl sites for hydroxylation is 1. The van der Waals surface area contributed by atoms with E-state index in [0.717, 1.165) is 22.9 Å². The van der Waals surface area contributed by atoms with Gasteiger partial charge in [0.15, 0.2) is 0 Å². The fourth-order valence-corrected chi connectivity index (χ4v) is 1.96. The Balaban J connectivity index is 2.52. The van der Waals surface area contributed by atoms with Crippen LogP contribution in [0.15, 0.2) is 30.3 Å². The Bertz CT molecular complexity index is 684. The van der Waals surface area contributed by atoms with E-state index in [9.17, 15) is 14.3 Å². The maximum atomic E-state index is 13.4. The molecule has 0 saturated heterocycles.